The number of nitrogens with zero attached hydrogens (tertiary/aromatic N) is 5. The van der Waals surface area contributed by atoms with Crippen LogP contribution in [0.3, 0.4) is 0 Å². The van der Waals surface area contributed by atoms with Gasteiger partial charge in [0.1, 0.15) is 12.1 Å². The van der Waals surface area contributed by atoms with Gasteiger partial charge in [0, 0.05) is 18.5 Å². The van der Waals surface area contributed by atoms with Crippen LogP contribution in [0.15, 0.2) is 42.9 Å². The van der Waals surface area contributed by atoms with Gasteiger partial charge in [0.25, 0.3) is 5.91 Å². The van der Waals surface area contributed by atoms with Crippen molar-refractivity contribution in [2.45, 2.75) is 64.1 Å². The van der Waals surface area contributed by atoms with Crippen LogP contribution >= 0.6 is 0 Å². The third-order valence-electron chi connectivity index (χ3n) is 9.52. The monoisotopic (exact) mass is 564 g/mol. The fourth-order valence-electron chi connectivity index (χ4n) is 8.37. The topological polar surface area (TPSA) is 93.0 Å². The zero-order chi connectivity index (χ0) is 28.4. The molecule has 2 amide bonds. The van der Waals surface area contributed by atoms with Gasteiger partial charge < -0.3 is 10.2 Å². The Kier molecular flexibility index (Phi) is 6.17. The zero-order valence-corrected chi connectivity index (χ0v) is 22.5. The first-order valence-corrected chi connectivity index (χ1v) is 14.3. The van der Waals surface area contributed by atoms with E-state index in [-0.39, 0.29) is 30.1 Å². The molecular formula is C30H31F3N6O2. The molecule has 4 bridgehead atoms. The Bertz CT molecular complexity index is 1470. The third kappa shape index (κ3) is 4.78. The van der Waals surface area contributed by atoms with Crippen molar-refractivity contribution in [3.63, 3.8) is 0 Å². The minimum Gasteiger partial charge on any atom is -0.332 e. The van der Waals surface area contributed by atoms with E-state index >= 15 is 0 Å². The second-order valence-electron chi connectivity index (χ2n) is 12.4. The summed E-state index contributed by atoms with van der Waals surface area (Å²) in [4.78, 5) is 36.6. The molecule has 214 valence electrons. The molecule has 0 saturated heterocycles. The lowest BCUT2D eigenvalue weighted by molar-refractivity contribution is -0.143. The number of alkyl halides is 3. The van der Waals surface area contributed by atoms with Crippen LogP contribution in [-0.4, -0.2) is 43.0 Å². The standard InChI is InChI=1S/C30H31F3N6O2/c31-30(32,33)26-23(15-36-39(26)21-4-2-1-3-5-21)28(41)38-7-6-22-24(16-38)34-17-35-27(22)37-25(40)14-29-11-18-8-19(12-29)10-20(9-18)13-29/h1-5,15,17-20H,6-14,16H2,(H,34,35,37,40). The van der Waals surface area contributed by atoms with E-state index in [4.69, 9.17) is 0 Å². The number of hydrogen-bond donors (Lipinski definition) is 1. The molecule has 5 aliphatic rings. The molecule has 11 heteroatoms. The van der Waals surface area contributed by atoms with Crippen LogP contribution in [0.5, 0.6) is 0 Å². The Morgan fingerprint density at radius 1 is 1.00 bits per heavy atom. The van der Waals surface area contributed by atoms with E-state index in [9.17, 15) is 22.8 Å². The SMILES string of the molecule is O=C(CC12CC3CC(CC(C3)C1)C2)Nc1ncnc2c1CCN(C(=O)c1cnn(-c3ccccc3)c1C(F)(F)F)C2. The van der Waals surface area contributed by atoms with Gasteiger partial charge in [-0.2, -0.15) is 18.3 Å². The summed E-state index contributed by atoms with van der Waals surface area (Å²) in [6, 6.07) is 7.92. The van der Waals surface area contributed by atoms with Gasteiger partial charge in [0.05, 0.1) is 29.7 Å². The van der Waals surface area contributed by atoms with E-state index in [1.807, 2.05) is 0 Å². The molecule has 1 aliphatic heterocycles. The Labute approximate surface area is 235 Å². The largest absolute Gasteiger partial charge is 0.434 e. The van der Waals surface area contributed by atoms with Crippen LogP contribution in [0.1, 0.15) is 72.3 Å². The number of carbonyl (C=O) groups is 2. The van der Waals surface area contributed by atoms with Crippen molar-refractivity contribution in [3.05, 3.63) is 65.4 Å². The molecule has 1 N–H and O–H groups in total. The van der Waals surface area contributed by atoms with Gasteiger partial charge in [-0.15, -0.1) is 0 Å². The first-order valence-electron chi connectivity index (χ1n) is 14.3. The van der Waals surface area contributed by atoms with Crippen molar-refractivity contribution in [2.75, 3.05) is 11.9 Å². The Balaban J connectivity index is 1.08. The first-order chi connectivity index (χ1) is 19.7. The van der Waals surface area contributed by atoms with E-state index in [0.717, 1.165) is 53.5 Å². The fraction of sp³-hybridized carbons (Fsp3) is 0.500. The maximum Gasteiger partial charge on any atom is 0.434 e. The molecule has 41 heavy (non-hydrogen) atoms. The quantitative estimate of drug-likeness (QED) is 0.447. The van der Waals surface area contributed by atoms with Crippen LogP contribution < -0.4 is 5.32 Å². The molecule has 8 nitrogen and oxygen atoms in total. The molecule has 0 spiro atoms. The lowest BCUT2D eigenvalue weighted by Gasteiger charge is -2.56. The summed E-state index contributed by atoms with van der Waals surface area (Å²) in [5.74, 6) is 1.88. The van der Waals surface area contributed by atoms with Crippen molar-refractivity contribution in [1.29, 1.82) is 0 Å². The molecule has 4 fully saturated rings. The van der Waals surface area contributed by atoms with E-state index < -0.39 is 23.3 Å². The maximum atomic E-state index is 14.1. The molecular weight excluding hydrogens is 533 g/mol. The Hall–Kier alpha value is -3.76. The highest BCUT2D eigenvalue weighted by atomic mass is 19.4. The van der Waals surface area contributed by atoms with Crippen LogP contribution in [0.2, 0.25) is 0 Å². The van der Waals surface area contributed by atoms with Gasteiger partial charge in [-0.25, -0.2) is 14.6 Å². The van der Waals surface area contributed by atoms with Gasteiger partial charge in [0.15, 0.2) is 5.69 Å². The number of benzene rings is 1. The molecule has 8 rings (SSSR count). The minimum atomic E-state index is -4.79. The molecule has 0 radical (unpaired) electrons. The molecule has 4 saturated carbocycles. The summed E-state index contributed by atoms with van der Waals surface area (Å²) in [6.07, 6.45) is 5.67. The van der Waals surface area contributed by atoms with Crippen LogP contribution in [0.4, 0.5) is 19.0 Å². The molecule has 3 aromatic rings. The number of nitrogens with one attached hydrogen (secondary N) is 1. The smallest absolute Gasteiger partial charge is 0.332 e. The average molecular weight is 565 g/mol. The summed E-state index contributed by atoms with van der Waals surface area (Å²) in [5, 5.41) is 6.93. The normalized spacial score (nSPS) is 26.6. The molecule has 0 unspecified atom stereocenters. The third-order valence-corrected chi connectivity index (χ3v) is 9.52. The van der Waals surface area contributed by atoms with Crippen molar-refractivity contribution >= 4 is 17.6 Å². The maximum absolute atomic E-state index is 14.1. The molecule has 4 aliphatic carbocycles. The lowest BCUT2D eigenvalue weighted by atomic mass is 9.49. The highest BCUT2D eigenvalue weighted by Gasteiger charge is 2.51. The number of anilines is 1. The Morgan fingerprint density at radius 3 is 2.34 bits per heavy atom. The van der Waals surface area contributed by atoms with Crippen LogP contribution in [-0.2, 0) is 23.9 Å². The van der Waals surface area contributed by atoms with Gasteiger partial charge in [-0.1, -0.05) is 18.2 Å². The molecule has 3 heterocycles. The number of rotatable bonds is 5. The zero-order valence-electron chi connectivity index (χ0n) is 22.5. The van der Waals surface area contributed by atoms with Gasteiger partial charge in [-0.05, 0) is 80.2 Å². The van der Waals surface area contributed by atoms with E-state index in [0.29, 0.717) is 24.4 Å². The average Bonchev–Trinajstić information content (AvgIpc) is 3.38. The van der Waals surface area contributed by atoms with E-state index in [2.05, 4.69) is 20.4 Å². The van der Waals surface area contributed by atoms with Crippen LogP contribution in [0, 0.1) is 23.2 Å². The molecule has 2 aromatic heterocycles. The Morgan fingerprint density at radius 2 is 1.68 bits per heavy atom. The van der Waals surface area contributed by atoms with E-state index in [1.165, 1.54) is 42.6 Å². The van der Waals surface area contributed by atoms with E-state index in [1.54, 1.807) is 18.2 Å². The number of amides is 2. The second kappa shape index (κ2) is 9.66. The first kappa shape index (κ1) is 26.2. The van der Waals surface area contributed by atoms with Crippen LogP contribution in [0.25, 0.3) is 5.69 Å². The number of aromatic nitrogens is 4. The van der Waals surface area contributed by atoms with Gasteiger partial charge in [-0.3, -0.25) is 9.59 Å². The summed E-state index contributed by atoms with van der Waals surface area (Å²) < 4.78 is 43.2. The number of fused-ring (bicyclic) bond motifs is 1. The highest BCUT2D eigenvalue weighted by molar-refractivity contribution is 5.96. The number of hydrogen-bond acceptors (Lipinski definition) is 5. The lowest BCUT2D eigenvalue weighted by Crippen LogP contribution is -2.47. The minimum absolute atomic E-state index is 0.0162. The highest BCUT2D eigenvalue weighted by Crippen LogP contribution is 2.61. The molecule has 1 aromatic carbocycles. The summed E-state index contributed by atoms with van der Waals surface area (Å²) in [5.41, 5.74) is -0.0670. The van der Waals surface area contributed by atoms with Gasteiger partial charge in [0.2, 0.25) is 5.91 Å². The molecule has 0 atom stereocenters. The van der Waals surface area contributed by atoms with Gasteiger partial charge >= 0.3 is 6.18 Å². The summed E-state index contributed by atoms with van der Waals surface area (Å²) in [7, 11) is 0. The van der Waals surface area contributed by atoms with Crippen molar-refractivity contribution in [2.24, 2.45) is 23.2 Å². The summed E-state index contributed by atoms with van der Waals surface area (Å²) in [6.45, 7) is 0.188. The number of carbonyl (C=O) groups excluding carboxylic acids is 2. The van der Waals surface area contributed by atoms with Crippen molar-refractivity contribution in [3.8, 4) is 5.69 Å². The second-order valence-corrected chi connectivity index (χ2v) is 12.4. The number of para-hydroxylation sites is 1. The summed E-state index contributed by atoms with van der Waals surface area (Å²) >= 11 is 0. The van der Waals surface area contributed by atoms with Crippen molar-refractivity contribution in [1.82, 2.24) is 24.6 Å². The van der Waals surface area contributed by atoms with Crippen molar-refractivity contribution < 1.29 is 22.8 Å². The predicted octanol–water partition coefficient (Wildman–Crippen LogP) is 5.42. The fourth-order valence-corrected chi connectivity index (χ4v) is 8.37. The predicted molar refractivity (Wildman–Crippen MR) is 143 cm³/mol. The number of halogens is 3.